The Hall–Kier alpha value is -1.59. The van der Waals surface area contributed by atoms with E-state index in [1.54, 1.807) is 32.2 Å². The lowest BCUT2D eigenvalue weighted by Gasteiger charge is -2.08. The first-order valence-corrected chi connectivity index (χ1v) is 6.83. The van der Waals surface area contributed by atoms with Crippen LogP contribution >= 0.6 is 22.9 Å². The van der Waals surface area contributed by atoms with Crippen LogP contribution in [-0.2, 0) is 7.05 Å². The molecule has 0 atom stereocenters. The number of carbonyl (C=O) groups excluding carboxylic acids is 1. The number of anilines is 1. The summed E-state index contributed by atoms with van der Waals surface area (Å²) in [6, 6.07) is 5.23. The summed E-state index contributed by atoms with van der Waals surface area (Å²) in [6.07, 6.45) is 0. The number of nitrogens with one attached hydrogen (secondary N) is 1. The molecule has 1 aromatic carbocycles. The molecule has 0 aliphatic heterocycles. The highest BCUT2D eigenvalue weighted by atomic mass is 35.5. The van der Waals surface area contributed by atoms with Gasteiger partial charge in [-0.1, -0.05) is 22.9 Å². The van der Waals surface area contributed by atoms with Gasteiger partial charge in [0.25, 0.3) is 5.91 Å². The van der Waals surface area contributed by atoms with Gasteiger partial charge in [-0.3, -0.25) is 9.59 Å². The third kappa shape index (κ3) is 2.72. The van der Waals surface area contributed by atoms with Crippen LogP contribution < -0.4 is 10.2 Å². The number of thiazole rings is 1. The van der Waals surface area contributed by atoms with Crippen molar-refractivity contribution < 1.29 is 4.79 Å². The second kappa shape index (κ2) is 5.19. The Morgan fingerprint density at radius 2 is 2.05 bits per heavy atom. The SMILES string of the molecule is Cc1cc(Cl)ccc1NC(=O)c1sc(=O)n(C)c1C. The lowest BCUT2D eigenvalue weighted by molar-refractivity contribution is 0.102. The second-order valence-electron chi connectivity index (χ2n) is 4.25. The summed E-state index contributed by atoms with van der Waals surface area (Å²) < 4.78 is 1.47. The van der Waals surface area contributed by atoms with Gasteiger partial charge in [-0.2, -0.15) is 0 Å². The fourth-order valence-electron chi connectivity index (χ4n) is 1.68. The van der Waals surface area contributed by atoms with Gasteiger partial charge in [0.05, 0.1) is 0 Å². The molecule has 0 saturated heterocycles. The maximum Gasteiger partial charge on any atom is 0.307 e. The number of carbonyl (C=O) groups is 1. The van der Waals surface area contributed by atoms with Crippen LogP contribution in [0, 0.1) is 13.8 Å². The third-order valence-corrected chi connectivity index (χ3v) is 4.31. The Morgan fingerprint density at radius 1 is 1.37 bits per heavy atom. The number of benzene rings is 1. The lowest BCUT2D eigenvalue weighted by Crippen LogP contribution is -2.13. The minimum Gasteiger partial charge on any atom is -0.321 e. The van der Waals surface area contributed by atoms with Crippen molar-refractivity contribution in [1.29, 1.82) is 0 Å². The molecule has 19 heavy (non-hydrogen) atoms. The fraction of sp³-hybridized carbons (Fsp3) is 0.231. The molecule has 6 heteroatoms. The summed E-state index contributed by atoms with van der Waals surface area (Å²) in [5.74, 6) is -0.273. The van der Waals surface area contributed by atoms with Crippen molar-refractivity contribution in [2.75, 3.05) is 5.32 Å². The van der Waals surface area contributed by atoms with Gasteiger partial charge in [-0.05, 0) is 37.6 Å². The van der Waals surface area contributed by atoms with E-state index in [9.17, 15) is 9.59 Å². The Balaban J connectivity index is 2.31. The standard InChI is InChI=1S/C13H13ClN2O2S/c1-7-6-9(14)4-5-10(7)15-12(17)11-8(2)16(3)13(18)19-11/h4-6H,1-3H3,(H,15,17). The maximum atomic E-state index is 12.2. The predicted molar refractivity (Wildman–Crippen MR) is 78.4 cm³/mol. The molecule has 2 aromatic rings. The van der Waals surface area contributed by atoms with Crippen molar-refractivity contribution >= 4 is 34.5 Å². The summed E-state index contributed by atoms with van der Waals surface area (Å²) in [6.45, 7) is 3.61. The van der Waals surface area contributed by atoms with E-state index in [0.717, 1.165) is 16.9 Å². The predicted octanol–water partition coefficient (Wildman–Crippen LogP) is 2.97. The number of aryl methyl sites for hydroxylation is 1. The smallest absolute Gasteiger partial charge is 0.307 e. The molecule has 0 aliphatic rings. The number of hydrogen-bond donors (Lipinski definition) is 1. The highest BCUT2D eigenvalue weighted by Gasteiger charge is 2.16. The Bertz CT molecular complexity index is 703. The Kier molecular flexibility index (Phi) is 3.78. The molecule has 0 aliphatic carbocycles. The molecule has 100 valence electrons. The van der Waals surface area contributed by atoms with E-state index in [0.29, 0.717) is 21.3 Å². The Morgan fingerprint density at radius 3 is 2.58 bits per heavy atom. The minimum atomic E-state index is -0.273. The van der Waals surface area contributed by atoms with Crippen LogP contribution in [0.2, 0.25) is 5.02 Å². The van der Waals surface area contributed by atoms with Crippen molar-refractivity contribution in [1.82, 2.24) is 4.57 Å². The quantitative estimate of drug-likeness (QED) is 0.926. The normalized spacial score (nSPS) is 10.5. The molecule has 1 aromatic heterocycles. The first-order valence-electron chi connectivity index (χ1n) is 5.64. The average molecular weight is 297 g/mol. The molecule has 1 heterocycles. The van der Waals surface area contributed by atoms with Crippen LogP contribution in [0.15, 0.2) is 23.0 Å². The lowest BCUT2D eigenvalue weighted by atomic mass is 10.2. The van der Waals surface area contributed by atoms with E-state index >= 15 is 0 Å². The van der Waals surface area contributed by atoms with Crippen molar-refractivity contribution in [3.8, 4) is 0 Å². The molecule has 0 spiro atoms. The molecule has 0 bridgehead atoms. The van der Waals surface area contributed by atoms with Gasteiger partial charge >= 0.3 is 4.87 Å². The topological polar surface area (TPSA) is 51.1 Å². The van der Waals surface area contributed by atoms with Crippen molar-refractivity contribution in [3.05, 3.63) is 49.0 Å². The summed E-state index contributed by atoms with van der Waals surface area (Å²) in [5.41, 5.74) is 2.23. The molecule has 4 nitrogen and oxygen atoms in total. The van der Waals surface area contributed by atoms with Gasteiger partial charge < -0.3 is 9.88 Å². The van der Waals surface area contributed by atoms with Gasteiger partial charge in [-0.15, -0.1) is 0 Å². The van der Waals surface area contributed by atoms with Crippen LogP contribution in [0.4, 0.5) is 5.69 Å². The van der Waals surface area contributed by atoms with E-state index in [-0.39, 0.29) is 10.8 Å². The monoisotopic (exact) mass is 296 g/mol. The van der Waals surface area contributed by atoms with E-state index in [2.05, 4.69) is 5.32 Å². The summed E-state index contributed by atoms with van der Waals surface area (Å²) in [7, 11) is 1.65. The number of nitrogens with zero attached hydrogens (tertiary/aromatic N) is 1. The highest BCUT2D eigenvalue weighted by Crippen LogP contribution is 2.21. The maximum absolute atomic E-state index is 12.2. The summed E-state index contributed by atoms with van der Waals surface area (Å²) in [5, 5.41) is 3.42. The second-order valence-corrected chi connectivity index (χ2v) is 5.65. The number of halogens is 1. The first-order chi connectivity index (χ1) is 8.90. The van der Waals surface area contributed by atoms with Crippen molar-refractivity contribution in [2.45, 2.75) is 13.8 Å². The van der Waals surface area contributed by atoms with E-state index in [4.69, 9.17) is 11.6 Å². The fourth-order valence-corrected chi connectivity index (χ4v) is 2.78. The van der Waals surface area contributed by atoms with Gasteiger partial charge in [0, 0.05) is 23.5 Å². The van der Waals surface area contributed by atoms with Crippen LogP contribution in [0.3, 0.4) is 0 Å². The number of rotatable bonds is 2. The van der Waals surface area contributed by atoms with Crippen LogP contribution in [0.1, 0.15) is 20.9 Å². The van der Waals surface area contributed by atoms with Gasteiger partial charge in [0.2, 0.25) is 0 Å². The highest BCUT2D eigenvalue weighted by molar-refractivity contribution is 7.11. The Labute approximate surface area is 119 Å². The molecular formula is C13H13ClN2O2S. The number of amides is 1. The average Bonchev–Trinajstić information content (AvgIpc) is 2.60. The zero-order chi connectivity index (χ0) is 14.2. The first kappa shape index (κ1) is 13.8. The summed E-state index contributed by atoms with van der Waals surface area (Å²) >= 11 is 6.81. The molecule has 1 amide bonds. The van der Waals surface area contributed by atoms with Crippen LogP contribution in [0.5, 0.6) is 0 Å². The van der Waals surface area contributed by atoms with Crippen molar-refractivity contribution in [3.63, 3.8) is 0 Å². The zero-order valence-corrected chi connectivity index (χ0v) is 12.4. The molecule has 0 radical (unpaired) electrons. The van der Waals surface area contributed by atoms with E-state index in [1.165, 1.54) is 4.57 Å². The summed E-state index contributed by atoms with van der Waals surface area (Å²) in [4.78, 5) is 24.0. The van der Waals surface area contributed by atoms with E-state index < -0.39 is 0 Å². The minimum absolute atomic E-state index is 0.143. The van der Waals surface area contributed by atoms with E-state index in [1.807, 2.05) is 6.92 Å². The number of hydrogen-bond acceptors (Lipinski definition) is 3. The molecule has 0 saturated carbocycles. The third-order valence-electron chi connectivity index (χ3n) is 2.94. The molecule has 2 rings (SSSR count). The van der Waals surface area contributed by atoms with Gasteiger partial charge in [-0.25, -0.2) is 0 Å². The largest absolute Gasteiger partial charge is 0.321 e. The van der Waals surface area contributed by atoms with Gasteiger partial charge in [0.15, 0.2) is 0 Å². The molecule has 0 unspecified atom stereocenters. The molecule has 0 fully saturated rings. The zero-order valence-electron chi connectivity index (χ0n) is 10.8. The van der Waals surface area contributed by atoms with Crippen molar-refractivity contribution in [2.24, 2.45) is 7.05 Å². The van der Waals surface area contributed by atoms with Gasteiger partial charge in [0.1, 0.15) is 4.88 Å². The molecule has 1 N–H and O–H groups in total. The van der Waals surface area contributed by atoms with Crippen LogP contribution in [0.25, 0.3) is 0 Å². The molecular weight excluding hydrogens is 284 g/mol. The van der Waals surface area contributed by atoms with Crippen LogP contribution in [-0.4, -0.2) is 10.5 Å². The number of aromatic nitrogens is 1.